The highest BCUT2D eigenvalue weighted by atomic mass is 19.1. The monoisotopic (exact) mass is 767 g/mol. The summed E-state index contributed by atoms with van der Waals surface area (Å²) in [6.07, 6.45) is 1.30. The number of anilines is 3. The zero-order valence-corrected chi connectivity index (χ0v) is 30.6. The molecule has 0 radical (unpaired) electrons. The number of fused-ring (bicyclic) bond motifs is 6. The maximum atomic E-state index is 15.2. The molecule has 2 amide bonds. The summed E-state index contributed by atoms with van der Waals surface area (Å²) >= 11 is 0. The van der Waals surface area contributed by atoms with Crippen LogP contribution in [0.3, 0.4) is 0 Å². The lowest BCUT2D eigenvalue weighted by Gasteiger charge is -2.31. The molecular formula is C38H36F3N11O4. The van der Waals surface area contributed by atoms with E-state index in [9.17, 15) is 14.0 Å². The fourth-order valence-electron chi connectivity index (χ4n) is 7.89. The highest BCUT2D eigenvalue weighted by Gasteiger charge is 2.41. The van der Waals surface area contributed by atoms with Crippen LogP contribution in [0.2, 0.25) is 0 Å². The highest BCUT2D eigenvalue weighted by molar-refractivity contribution is 5.97. The predicted molar refractivity (Wildman–Crippen MR) is 199 cm³/mol. The Morgan fingerprint density at radius 3 is 2.62 bits per heavy atom. The molecule has 0 saturated carbocycles. The zero-order chi connectivity index (χ0) is 38.8. The summed E-state index contributed by atoms with van der Waals surface area (Å²) in [6.45, 7) is 2.82. The standard InChI is InChI=1S/C38H36F3N11O4/c1-20-43-29-13-22(40)11-25-28-5-4-6-32(45-28)44-23-14-31(37(54)48(2)17-24(55-3)18-50(20)34(25)29)51(16-23)35-26-15-42-52(30-8-7-21(39)12-27(30)41)36(26)47-38(46-35)49-9-10-56-19-33(49)53/h4-8,11-13,15,23-24,31H,9-10,14,16-19H2,1-3H3,(H,44,45)/t23-,24-,31-/m0/s1. The Hall–Kier alpha value is -6.14. The number of ether oxygens (including phenoxy) is 2. The molecule has 3 atom stereocenters. The van der Waals surface area contributed by atoms with E-state index in [1.54, 1.807) is 25.1 Å². The second kappa shape index (κ2) is 13.9. The van der Waals surface area contributed by atoms with Gasteiger partial charge in [0.15, 0.2) is 11.5 Å². The number of nitrogens with one attached hydrogen (secondary N) is 1. The van der Waals surface area contributed by atoms with Crippen LogP contribution >= 0.6 is 0 Å². The van der Waals surface area contributed by atoms with E-state index in [1.807, 2.05) is 28.5 Å². The van der Waals surface area contributed by atoms with Gasteiger partial charge < -0.3 is 29.2 Å². The molecule has 3 aliphatic heterocycles. The highest BCUT2D eigenvalue weighted by Crippen LogP contribution is 2.36. The van der Waals surface area contributed by atoms with Crippen LogP contribution in [-0.4, -0.2) is 116 Å². The van der Waals surface area contributed by atoms with Crippen LogP contribution in [0.4, 0.5) is 30.8 Å². The molecule has 56 heavy (non-hydrogen) atoms. The molecule has 15 nitrogen and oxygen atoms in total. The van der Waals surface area contributed by atoms with E-state index >= 15 is 8.78 Å². The molecule has 0 unspecified atom stereocenters. The number of aromatic nitrogens is 7. The number of hydrogen-bond donors (Lipinski definition) is 1. The summed E-state index contributed by atoms with van der Waals surface area (Å²) in [7, 11) is 3.28. The third kappa shape index (κ3) is 6.14. The zero-order valence-electron chi connectivity index (χ0n) is 30.6. The molecule has 0 spiro atoms. The van der Waals surface area contributed by atoms with Crippen LogP contribution < -0.4 is 15.1 Å². The molecule has 18 heteroatoms. The summed E-state index contributed by atoms with van der Waals surface area (Å²) in [5.41, 5.74) is 2.36. The van der Waals surface area contributed by atoms with Crippen LogP contribution in [0.1, 0.15) is 12.2 Å². The van der Waals surface area contributed by atoms with Gasteiger partial charge in [-0.15, -0.1) is 0 Å². The van der Waals surface area contributed by atoms with Crippen molar-refractivity contribution in [3.05, 3.63) is 78.0 Å². The van der Waals surface area contributed by atoms with Gasteiger partial charge in [0.1, 0.15) is 47.4 Å². The first-order valence-corrected chi connectivity index (χ1v) is 18.1. The lowest BCUT2D eigenvalue weighted by molar-refractivity contribution is -0.132. The van der Waals surface area contributed by atoms with Crippen molar-refractivity contribution in [1.82, 2.24) is 39.2 Å². The van der Waals surface area contributed by atoms with Crippen molar-refractivity contribution in [2.24, 2.45) is 0 Å². The number of halogens is 3. The second-order valence-corrected chi connectivity index (χ2v) is 14.2. The van der Waals surface area contributed by atoms with Gasteiger partial charge in [0.25, 0.3) is 5.91 Å². The number of carbonyl (C=O) groups is 2. The molecule has 4 aromatic heterocycles. The first-order chi connectivity index (χ1) is 27.1. The van der Waals surface area contributed by atoms with Gasteiger partial charge in [-0.1, -0.05) is 6.07 Å². The number of morpholine rings is 1. The summed E-state index contributed by atoms with van der Waals surface area (Å²) in [5.74, 6) is -1.21. The first kappa shape index (κ1) is 35.6. The van der Waals surface area contributed by atoms with Crippen LogP contribution in [0.15, 0.2) is 54.7 Å². The number of hydrogen-bond acceptors (Lipinski definition) is 11. The number of imidazole rings is 1. The molecule has 0 aliphatic carbocycles. The van der Waals surface area contributed by atoms with Crippen molar-refractivity contribution in [3.8, 4) is 16.9 Å². The topological polar surface area (TPSA) is 149 Å². The molecule has 1 N–H and O–H groups in total. The number of likely N-dealkylation sites (N-methyl/N-ethyl adjacent to an activating group) is 1. The van der Waals surface area contributed by atoms with Gasteiger partial charge in [-0.05, 0) is 43.7 Å². The van der Waals surface area contributed by atoms with Crippen LogP contribution in [0, 0.1) is 24.4 Å². The molecular weight excluding hydrogens is 731 g/mol. The minimum Gasteiger partial charge on any atom is -0.378 e. The molecule has 3 aliphatic rings. The normalized spacial score (nSPS) is 20.5. The number of nitrogens with zero attached hydrogens (tertiary/aromatic N) is 10. The average molecular weight is 768 g/mol. The minimum absolute atomic E-state index is 0.0184. The van der Waals surface area contributed by atoms with E-state index in [0.717, 1.165) is 12.1 Å². The van der Waals surface area contributed by atoms with E-state index < -0.39 is 29.6 Å². The molecule has 9 rings (SSSR count). The number of aryl methyl sites for hydroxylation is 1. The molecule has 2 aromatic carbocycles. The van der Waals surface area contributed by atoms with Crippen molar-refractivity contribution < 1.29 is 32.2 Å². The number of carbonyl (C=O) groups excluding carboxylic acids is 2. The van der Waals surface area contributed by atoms with E-state index in [-0.39, 0.29) is 68.0 Å². The number of amides is 2. The van der Waals surface area contributed by atoms with E-state index in [1.165, 1.54) is 34.0 Å². The smallest absolute Gasteiger partial charge is 0.255 e. The Balaban J connectivity index is 1.18. The first-order valence-electron chi connectivity index (χ1n) is 18.1. The Kier molecular flexibility index (Phi) is 8.80. The molecule has 288 valence electrons. The Morgan fingerprint density at radius 1 is 0.964 bits per heavy atom. The van der Waals surface area contributed by atoms with Gasteiger partial charge >= 0.3 is 0 Å². The van der Waals surface area contributed by atoms with Crippen molar-refractivity contribution >= 4 is 51.5 Å². The predicted octanol–water partition coefficient (Wildman–Crippen LogP) is 3.86. The maximum absolute atomic E-state index is 15.2. The Labute approximate surface area is 317 Å². The van der Waals surface area contributed by atoms with Gasteiger partial charge in [0.05, 0.1) is 54.1 Å². The quantitative estimate of drug-likeness (QED) is 0.279. The van der Waals surface area contributed by atoms with Crippen molar-refractivity contribution in [3.63, 3.8) is 0 Å². The van der Waals surface area contributed by atoms with Gasteiger partial charge in [-0.2, -0.15) is 15.1 Å². The van der Waals surface area contributed by atoms with Crippen LogP contribution in [0.25, 0.3) is 39.0 Å². The number of pyridine rings is 1. The number of methoxy groups -OCH3 is 1. The fourth-order valence-corrected chi connectivity index (χ4v) is 7.89. The van der Waals surface area contributed by atoms with Crippen LogP contribution in [-0.2, 0) is 25.6 Å². The number of rotatable bonds is 4. The fraction of sp³-hybridized carbons (Fsp3) is 0.342. The molecule has 2 fully saturated rings. The average Bonchev–Trinajstić information content (AvgIpc) is 3.88. The lowest BCUT2D eigenvalue weighted by Crippen LogP contribution is -2.47. The lowest BCUT2D eigenvalue weighted by atomic mass is 10.1. The molecule has 2 saturated heterocycles. The largest absolute Gasteiger partial charge is 0.378 e. The summed E-state index contributed by atoms with van der Waals surface area (Å²) in [4.78, 5) is 51.8. The molecule has 7 heterocycles. The van der Waals surface area contributed by atoms with Gasteiger partial charge in [-0.3, -0.25) is 14.5 Å². The van der Waals surface area contributed by atoms with E-state index in [4.69, 9.17) is 19.4 Å². The van der Waals surface area contributed by atoms with E-state index in [0.29, 0.717) is 58.1 Å². The van der Waals surface area contributed by atoms with Gasteiger partial charge in [0, 0.05) is 51.0 Å². The SMILES string of the molecule is CO[C@H]1CN(C)C(=O)[C@@H]2C[C@@H](CN2c2nc(N3CCOCC3=O)nc3c2cnn3-c2ccc(F)cc2F)Nc2cccc(n2)-c2cc(F)cc3nc(C)n(c23)C1. The molecule has 4 bridgehead atoms. The third-order valence-corrected chi connectivity index (χ3v) is 10.6. The van der Waals surface area contributed by atoms with Crippen molar-refractivity contribution in [1.29, 1.82) is 0 Å². The summed E-state index contributed by atoms with van der Waals surface area (Å²) < 4.78 is 58.8. The molecule has 6 aromatic rings. The van der Waals surface area contributed by atoms with Gasteiger partial charge in [0.2, 0.25) is 11.9 Å². The second-order valence-electron chi connectivity index (χ2n) is 14.2. The minimum atomic E-state index is -0.869. The van der Waals surface area contributed by atoms with Crippen molar-refractivity contribution in [2.45, 2.75) is 38.1 Å². The Morgan fingerprint density at radius 2 is 1.82 bits per heavy atom. The Bertz CT molecular complexity index is 2540. The van der Waals surface area contributed by atoms with Crippen LogP contribution in [0.5, 0.6) is 0 Å². The number of benzene rings is 2. The maximum Gasteiger partial charge on any atom is 0.255 e. The van der Waals surface area contributed by atoms with Crippen molar-refractivity contribution in [2.75, 3.05) is 62.1 Å². The van der Waals surface area contributed by atoms with Gasteiger partial charge in [-0.25, -0.2) is 27.8 Å². The third-order valence-electron chi connectivity index (χ3n) is 10.6. The summed E-state index contributed by atoms with van der Waals surface area (Å²) in [6, 6.07) is 10.3. The summed E-state index contributed by atoms with van der Waals surface area (Å²) in [5, 5.41) is 8.31. The van der Waals surface area contributed by atoms with E-state index in [2.05, 4.69) is 20.4 Å².